The highest BCUT2D eigenvalue weighted by Crippen LogP contribution is 2.39. The first-order valence-electron chi connectivity index (χ1n) is 8.75. The van der Waals surface area contributed by atoms with Crippen LogP contribution in [0.2, 0.25) is 0 Å². The molecule has 1 unspecified atom stereocenters. The Morgan fingerprint density at radius 1 is 1.20 bits per heavy atom. The van der Waals surface area contributed by atoms with Crippen LogP contribution < -0.4 is 16.2 Å². The first-order valence-corrected chi connectivity index (χ1v) is 11.6. The van der Waals surface area contributed by atoms with E-state index in [0.29, 0.717) is 16.8 Å². The number of rotatable bonds is 6. The Bertz CT molecular complexity index is 1270. The predicted molar refractivity (Wildman–Crippen MR) is 109 cm³/mol. The fraction of sp³-hybridized carbons (Fsp3) is 0.176. The molecule has 0 radical (unpaired) electrons. The van der Waals surface area contributed by atoms with Crippen molar-refractivity contribution in [2.45, 2.75) is 16.2 Å². The van der Waals surface area contributed by atoms with Crippen molar-refractivity contribution in [3.63, 3.8) is 0 Å². The Hall–Kier alpha value is -3.00. The van der Waals surface area contributed by atoms with Gasteiger partial charge in [-0.1, -0.05) is 12.1 Å². The van der Waals surface area contributed by atoms with Crippen LogP contribution in [0.3, 0.4) is 0 Å². The second kappa shape index (κ2) is 7.68. The van der Waals surface area contributed by atoms with Gasteiger partial charge in [-0.15, -0.1) is 10.2 Å². The lowest BCUT2D eigenvalue weighted by atomic mass is 9.96. The predicted octanol–water partition coefficient (Wildman–Crippen LogP) is -0.258. The number of anilines is 1. The Kier molecular flexibility index (Phi) is 5.19. The van der Waals surface area contributed by atoms with Crippen molar-refractivity contribution in [2.75, 3.05) is 17.6 Å². The lowest BCUT2D eigenvalue weighted by Gasteiger charge is -2.16. The van der Waals surface area contributed by atoms with Crippen molar-refractivity contribution in [1.82, 2.24) is 20.6 Å². The zero-order chi connectivity index (χ0) is 21.5. The SMILES string of the molecule is NCCS(=O)c1ccc(-c2ccc3c(c2)CC(=O)N3)c(-c2nn[nH]n2)c1S(N)(=O)=O. The zero-order valence-corrected chi connectivity index (χ0v) is 17.1. The van der Waals surface area contributed by atoms with Crippen molar-refractivity contribution in [2.24, 2.45) is 10.9 Å². The summed E-state index contributed by atoms with van der Waals surface area (Å²) in [6.07, 6.45) is 0.210. The van der Waals surface area contributed by atoms with E-state index in [1.807, 2.05) is 0 Å². The number of benzene rings is 2. The normalized spacial score (nSPS) is 14.4. The molecule has 4 rings (SSSR count). The zero-order valence-electron chi connectivity index (χ0n) is 15.5. The number of tetrazole rings is 1. The van der Waals surface area contributed by atoms with Gasteiger partial charge >= 0.3 is 0 Å². The topological polar surface area (TPSA) is 187 Å². The van der Waals surface area contributed by atoms with Crippen LogP contribution in [0.4, 0.5) is 5.69 Å². The lowest BCUT2D eigenvalue weighted by molar-refractivity contribution is -0.115. The number of hydrogen-bond acceptors (Lipinski definition) is 8. The molecule has 0 saturated heterocycles. The molecule has 1 aliphatic rings. The molecule has 1 atom stereocenters. The van der Waals surface area contributed by atoms with E-state index < -0.39 is 20.8 Å². The van der Waals surface area contributed by atoms with Crippen LogP contribution in [-0.4, -0.2) is 51.5 Å². The summed E-state index contributed by atoms with van der Waals surface area (Å²) in [5, 5.41) is 21.9. The molecule has 3 aromatic rings. The monoisotopic (exact) mass is 447 g/mol. The molecule has 2 heterocycles. The van der Waals surface area contributed by atoms with Gasteiger partial charge in [-0.2, -0.15) is 5.21 Å². The Balaban J connectivity index is 2.02. The maximum atomic E-state index is 12.7. The van der Waals surface area contributed by atoms with Gasteiger partial charge < -0.3 is 11.1 Å². The van der Waals surface area contributed by atoms with E-state index in [1.54, 1.807) is 24.3 Å². The van der Waals surface area contributed by atoms with Crippen LogP contribution >= 0.6 is 0 Å². The molecular weight excluding hydrogens is 430 g/mol. The minimum Gasteiger partial charge on any atom is -0.330 e. The molecule has 0 saturated carbocycles. The number of amides is 1. The molecule has 156 valence electrons. The molecule has 1 aromatic heterocycles. The van der Waals surface area contributed by atoms with Crippen molar-refractivity contribution >= 4 is 32.4 Å². The second-order valence-corrected chi connectivity index (χ2v) is 9.57. The summed E-state index contributed by atoms with van der Waals surface area (Å²) in [5.41, 5.74) is 8.09. The third-order valence-electron chi connectivity index (χ3n) is 4.56. The molecule has 0 bridgehead atoms. The number of aromatic amines is 1. The summed E-state index contributed by atoms with van der Waals surface area (Å²) in [6, 6.07) is 8.30. The fourth-order valence-corrected chi connectivity index (χ4v) is 5.79. The van der Waals surface area contributed by atoms with Crippen molar-refractivity contribution in [3.05, 3.63) is 35.9 Å². The quantitative estimate of drug-likeness (QED) is 0.398. The molecule has 1 aliphatic heterocycles. The largest absolute Gasteiger partial charge is 0.330 e. The van der Waals surface area contributed by atoms with E-state index in [4.69, 9.17) is 10.9 Å². The average molecular weight is 448 g/mol. The number of carbonyl (C=O) groups excluding carboxylic acids is 1. The highest BCUT2D eigenvalue weighted by molar-refractivity contribution is 7.91. The Morgan fingerprint density at radius 3 is 2.67 bits per heavy atom. The molecular formula is C17H17N7O4S2. The minimum atomic E-state index is -4.33. The van der Waals surface area contributed by atoms with Gasteiger partial charge in [0.15, 0.2) is 0 Å². The van der Waals surface area contributed by atoms with Crippen molar-refractivity contribution in [1.29, 1.82) is 0 Å². The van der Waals surface area contributed by atoms with Gasteiger partial charge in [0.1, 0.15) is 4.90 Å². The molecule has 2 aromatic carbocycles. The smallest absolute Gasteiger partial charge is 0.240 e. The van der Waals surface area contributed by atoms with E-state index in [1.165, 1.54) is 6.07 Å². The maximum absolute atomic E-state index is 12.7. The summed E-state index contributed by atoms with van der Waals surface area (Å²) in [5.74, 6) is -0.0891. The van der Waals surface area contributed by atoms with Crippen LogP contribution in [0.25, 0.3) is 22.5 Å². The van der Waals surface area contributed by atoms with Gasteiger partial charge in [-0.25, -0.2) is 13.6 Å². The molecule has 13 heteroatoms. The van der Waals surface area contributed by atoms with Crippen LogP contribution in [-0.2, 0) is 32.0 Å². The number of hydrogen-bond donors (Lipinski definition) is 4. The number of fused-ring (bicyclic) bond motifs is 1. The van der Waals surface area contributed by atoms with Gasteiger partial charge in [0, 0.05) is 18.0 Å². The number of nitrogens with one attached hydrogen (secondary N) is 2. The highest BCUT2D eigenvalue weighted by atomic mass is 32.2. The number of primary sulfonamides is 1. The number of nitrogens with two attached hydrogens (primary N) is 2. The molecule has 0 fully saturated rings. The van der Waals surface area contributed by atoms with E-state index in [0.717, 1.165) is 5.56 Å². The van der Waals surface area contributed by atoms with E-state index in [9.17, 15) is 17.4 Å². The van der Waals surface area contributed by atoms with Crippen LogP contribution in [0.15, 0.2) is 40.1 Å². The van der Waals surface area contributed by atoms with Crippen LogP contribution in [0.5, 0.6) is 0 Å². The lowest BCUT2D eigenvalue weighted by Crippen LogP contribution is -2.19. The molecule has 30 heavy (non-hydrogen) atoms. The van der Waals surface area contributed by atoms with Crippen molar-refractivity contribution in [3.8, 4) is 22.5 Å². The molecule has 6 N–H and O–H groups in total. The minimum absolute atomic E-state index is 0.0181. The molecule has 11 nitrogen and oxygen atoms in total. The third-order valence-corrected chi connectivity index (χ3v) is 7.12. The van der Waals surface area contributed by atoms with Crippen LogP contribution in [0, 0.1) is 0 Å². The van der Waals surface area contributed by atoms with E-state index in [-0.39, 0.29) is 45.8 Å². The maximum Gasteiger partial charge on any atom is 0.240 e. The standard InChI is InChI=1S/C17H17N7O4S2/c18-5-6-29(26)13-4-2-11(9-1-3-12-10(7-9)8-14(25)20-12)15(16(13)30(19,27)28)17-21-23-24-22-17/h1-4,7H,5-6,8,18H2,(H,20,25)(H2,19,27,28)(H,21,22,23,24). The summed E-state index contributed by atoms with van der Waals surface area (Å²) in [6.45, 7) is 0.0990. The molecule has 0 spiro atoms. The second-order valence-electron chi connectivity index (χ2n) is 6.53. The summed E-state index contributed by atoms with van der Waals surface area (Å²) < 4.78 is 37.8. The fourth-order valence-electron chi connectivity index (χ4n) is 3.37. The number of nitrogens with zero attached hydrogens (tertiary/aromatic N) is 3. The number of aromatic nitrogens is 4. The molecule has 0 aliphatic carbocycles. The van der Waals surface area contributed by atoms with E-state index >= 15 is 0 Å². The third kappa shape index (κ3) is 3.63. The number of H-pyrrole nitrogens is 1. The summed E-state index contributed by atoms with van der Waals surface area (Å²) in [4.78, 5) is 11.4. The number of sulfonamides is 1. The first-order chi connectivity index (χ1) is 14.3. The average Bonchev–Trinajstić information content (AvgIpc) is 3.34. The summed E-state index contributed by atoms with van der Waals surface area (Å²) in [7, 11) is -6.03. The highest BCUT2D eigenvalue weighted by Gasteiger charge is 2.29. The van der Waals surface area contributed by atoms with Gasteiger partial charge in [-0.05, 0) is 40.1 Å². The first kappa shape index (κ1) is 20.3. The van der Waals surface area contributed by atoms with Gasteiger partial charge in [0.25, 0.3) is 0 Å². The summed E-state index contributed by atoms with van der Waals surface area (Å²) >= 11 is 0. The van der Waals surface area contributed by atoms with Crippen molar-refractivity contribution < 1.29 is 17.4 Å². The van der Waals surface area contributed by atoms with Gasteiger partial charge in [0.05, 0.1) is 27.7 Å². The van der Waals surface area contributed by atoms with Gasteiger partial charge in [-0.3, -0.25) is 9.00 Å². The van der Waals surface area contributed by atoms with Gasteiger partial charge in [0.2, 0.25) is 21.8 Å². The van der Waals surface area contributed by atoms with E-state index in [2.05, 4.69) is 25.9 Å². The number of carbonyl (C=O) groups is 1. The Labute approximate surface area is 173 Å². The Morgan fingerprint density at radius 2 is 2.00 bits per heavy atom. The molecule has 1 amide bonds. The van der Waals surface area contributed by atoms with Crippen LogP contribution in [0.1, 0.15) is 5.56 Å².